The van der Waals surface area contributed by atoms with Crippen LogP contribution in [0.3, 0.4) is 0 Å². The minimum absolute atomic E-state index is 0.0374. The van der Waals surface area contributed by atoms with Crippen molar-refractivity contribution in [3.8, 4) is 0 Å². The van der Waals surface area contributed by atoms with Crippen LogP contribution in [-0.2, 0) is 19.4 Å². The van der Waals surface area contributed by atoms with Crippen molar-refractivity contribution in [2.75, 3.05) is 39.8 Å². The molecule has 1 N–H and O–H groups in total. The molecule has 6 heteroatoms. The Bertz CT molecular complexity index is 808. The first-order valence-corrected chi connectivity index (χ1v) is 10.5. The Balaban J connectivity index is 1.60. The van der Waals surface area contributed by atoms with Crippen molar-refractivity contribution in [3.05, 3.63) is 52.8 Å². The van der Waals surface area contributed by atoms with Gasteiger partial charge in [-0.15, -0.1) is 0 Å². The second kappa shape index (κ2) is 8.45. The fourth-order valence-electron chi connectivity index (χ4n) is 4.48. The SMILES string of the molecule is CCNC(=O)c1nn(Cc2ccccc2)c2c1C[C@@H](N1CCN(C)CC1)CC2. The van der Waals surface area contributed by atoms with Gasteiger partial charge in [0, 0.05) is 50.0 Å². The monoisotopic (exact) mass is 381 g/mol. The van der Waals surface area contributed by atoms with Crippen molar-refractivity contribution >= 4 is 5.91 Å². The third kappa shape index (κ3) is 3.98. The number of nitrogens with one attached hydrogen (secondary N) is 1. The summed E-state index contributed by atoms with van der Waals surface area (Å²) in [6, 6.07) is 10.9. The summed E-state index contributed by atoms with van der Waals surface area (Å²) >= 11 is 0. The fraction of sp³-hybridized carbons (Fsp3) is 0.545. The Kier molecular flexibility index (Phi) is 5.78. The highest BCUT2D eigenvalue weighted by atomic mass is 16.1. The average Bonchev–Trinajstić information content (AvgIpc) is 3.07. The summed E-state index contributed by atoms with van der Waals surface area (Å²) < 4.78 is 2.06. The summed E-state index contributed by atoms with van der Waals surface area (Å²) in [4.78, 5) is 17.7. The normalized spacial score (nSPS) is 20.7. The van der Waals surface area contributed by atoms with Gasteiger partial charge in [-0.2, -0.15) is 5.10 Å². The Morgan fingerprint density at radius 1 is 1.18 bits per heavy atom. The molecular weight excluding hydrogens is 350 g/mol. The second-order valence-corrected chi connectivity index (χ2v) is 8.01. The zero-order chi connectivity index (χ0) is 19.5. The number of benzene rings is 1. The molecule has 2 aliphatic rings. The van der Waals surface area contributed by atoms with E-state index in [9.17, 15) is 4.79 Å². The fourth-order valence-corrected chi connectivity index (χ4v) is 4.48. The minimum atomic E-state index is -0.0374. The third-order valence-corrected chi connectivity index (χ3v) is 6.10. The van der Waals surface area contributed by atoms with E-state index in [1.165, 1.54) is 11.3 Å². The van der Waals surface area contributed by atoms with Crippen LogP contribution in [0.25, 0.3) is 0 Å². The maximum atomic E-state index is 12.7. The van der Waals surface area contributed by atoms with Gasteiger partial charge in [-0.25, -0.2) is 0 Å². The molecule has 150 valence electrons. The smallest absolute Gasteiger partial charge is 0.272 e. The highest BCUT2D eigenvalue weighted by molar-refractivity contribution is 5.94. The maximum Gasteiger partial charge on any atom is 0.272 e. The van der Waals surface area contributed by atoms with Crippen molar-refractivity contribution in [1.29, 1.82) is 0 Å². The van der Waals surface area contributed by atoms with Gasteiger partial charge in [-0.3, -0.25) is 14.4 Å². The first-order valence-electron chi connectivity index (χ1n) is 10.5. The van der Waals surface area contributed by atoms with E-state index >= 15 is 0 Å². The van der Waals surface area contributed by atoms with E-state index in [0.717, 1.165) is 57.5 Å². The summed E-state index contributed by atoms with van der Waals surface area (Å²) in [5, 5.41) is 7.73. The number of amides is 1. The second-order valence-electron chi connectivity index (χ2n) is 8.01. The highest BCUT2D eigenvalue weighted by Crippen LogP contribution is 2.28. The summed E-state index contributed by atoms with van der Waals surface area (Å²) in [7, 11) is 2.19. The summed E-state index contributed by atoms with van der Waals surface area (Å²) in [6.45, 7) is 7.79. The van der Waals surface area contributed by atoms with Gasteiger partial charge in [0.05, 0.1) is 6.54 Å². The van der Waals surface area contributed by atoms with Crippen LogP contribution in [0.5, 0.6) is 0 Å². The van der Waals surface area contributed by atoms with Crippen LogP contribution in [0.2, 0.25) is 0 Å². The highest BCUT2D eigenvalue weighted by Gasteiger charge is 2.32. The lowest BCUT2D eigenvalue weighted by Gasteiger charge is -2.39. The number of carbonyl (C=O) groups excluding carboxylic acids is 1. The molecule has 0 bridgehead atoms. The van der Waals surface area contributed by atoms with E-state index in [0.29, 0.717) is 18.3 Å². The molecule has 1 saturated heterocycles. The number of nitrogens with zero attached hydrogens (tertiary/aromatic N) is 4. The van der Waals surface area contributed by atoms with E-state index in [1.807, 2.05) is 13.0 Å². The molecule has 1 aliphatic carbocycles. The number of hydrogen-bond donors (Lipinski definition) is 1. The van der Waals surface area contributed by atoms with Crippen molar-refractivity contribution in [3.63, 3.8) is 0 Å². The predicted molar refractivity (Wildman–Crippen MR) is 111 cm³/mol. The van der Waals surface area contributed by atoms with Crippen molar-refractivity contribution < 1.29 is 4.79 Å². The molecule has 0 spiro atoms. The molecule has 0 saturated carbocycles. The quantitative estimate of drug-likeness (QED) is 0.858. The van der Waals surface area contributed by atoms with Gasteiger partial charge in [0.2, 0.25) is 0 Å². The molecule has 0 unspecified atom stereocenters. The van der Waals surface area contributed by atoms with Crippen LogP contribution in [-0.4, -0.2) is 71.3 Å². The molecule has 1 amide bonds. The van der Waals surface area contributed by atoms with Gasteiger partial charge >= 0.3 is 0 Å². The van der Waals surface area contributed by atoms with E-state index in [4.69, 9.17) is 5.10 Å². The predicted octanol–water partition coefficient (Wildman–Crippen LogP) is 1.79. The number of piperazine rings is 1. The molecule has 1 aromatic carbocycles. The summed E-state index contributed by atoms with van der Waals surface area (Å²) in [5.41, 5.74) is 4.26. The molecule has 28 heavy (non-hydrogen) atoms. The van der Waals surface area contributed by atoms with E-state index < -0.39 is 0 Å². The molecule has 6 nitrogen and oxygen atoms in total. The summed E-state index contributed by atoms with van der Waals surface area (Å²) in [6.07, 6.45) is 3.07. The van der Waals surface area contributed by atoms with Gasteiger partial charge in [0.1, 0.15) is 0 Å². The molecule has 4 rings (SSSR count). The third-order valence-electron chi connectivity index (χ3n) is 6.10. The molecule has 1 fully saturated rings. The molecule has 1 aliphatic heterocycles. The number of aromatic nitrogens is 2. The van der Waals surface area contributed by atoms with E-state index in [2.05, 4.69) is 51.1 Å². The van der Waals surface area contributed by atoms with Crippen LogP contribution in [0.15, 0.2) is 30.3 Å². The molecule has 2 heterocycles. The van der Waals surface area contributed by atoms with Crippen LogP contribution >= 0.6 is 0 Å². The van der Waals surface area contributed by atoms with Gasteiger partial charge in [-0.05, 0) is 38.8 Å². The van der Waals surface area contributed by atoms with E-state index in [1.54, 1.807) is 0 Å². The molecule has 1 atom stereocenters. The lowest BCUT2D eigenvalue weighted by molar-refractivity contribution is 0.0942. The average molecular weight is 382 g/mol. The van der Waals surface area contributed by atoms with Crippen LogP contribution in [0, 0.1) is 0 Å². The zero-order valence-electron chi connectivity index (χ0n) is 17.0. The lowest BCUT2D eigenvalue weighted by atomic mass is 9.89. The number of rotatable bonds is 5. The molecule has 1 aromatic heterocycles. The topological polar surface area (TPSA) is 53.4 Å². The zero-order valence-corrected chi connectivity index (χ0v) is 17.0. The maximum absolute atomic E-state index is 12.7. The lowest BCUT2D eigenvalue weighted by Crippen LogP contribution is -2.50. The number of fused-ring (bicyclic) bond motifs is 1. The van der Waals surface area contributed by atoms with Crippen LogP contribution < -0.4 is 5.32 Å². The van der Waals surface area contributed by atoms with Gasteiger partial charge < -0.3 is 10.2 Å². The Morgan fingerprint density at radius 2 is 1.93 bits per heavy atom. The molecular formula is C22H31N5O. The standard InChI is InChI=1S/C22H31N5O/c1-3-23-22(28)21-19-15-18(26-13-11-25(2)12-14-26)9-10-20(19)27(24-21)16-17-7-5-4-6-8-17/h4-8,18H,3,9-16H2,1-2H3,(H,23,28)/t18-/m0/s1. The summed E-state index contributed by atoms with van der Waals surface area (Å²) in [5.74, 6) is -0.0374. The van der Waals surface area contributed by atoms with E-state index in [-0.39, 0.29) is 5.91 Å². The first kappa shape index (κ1) is 19.2. The largest absolute Gasteiger partial charge is 0.351 e. The Hall–Kier alpha value is -2.18. The van der Waals surface area contributed by atoms with Gasteiger partial charge in [-0.1, -0.05) is 30.3 Å². The van der Waals surface area contributed by atoms with Crippen LogP contribution in [0.1, 0.15) is 40.7 Å². The van der Waals surface area contributed by atoms with Crippen molar-refractivity contribution in [2.45, 2.75) is 38.8 Å². The van der Waals surface area contributed by atoms with Gasteiger partial charge in [0.15, 0.2) is 5.69 Å². The molecule has 0 radical (unpaired) electrons. The minimum Gasteiger partial charge on any atom is -0.351 e. The number of hydrogen-bond acceptors (Lipinski definition) is 4. The van der Waals surface area contributed by atoms with Gasteiger partial charge in [0.25, 0.3) is 5.91 Å². The van der Waals surface area contributed by atoms with Crippen molar-refractivity contribution in [1.82, 2.24) is 24.9 Å². The first-order chi connectivity index (χ1) is 13.7. The molecule has 2 aromatic rings. The number of likely N-dealkylation sites (N-methyl/N-ethyl adjacent to an activating group) is 1. The Morgan fingerprint density at radius 3 is 2.64 bits per heavy atom. The number of carbonyl (C=O) groups is 1. The van der Waals surface area contributed by atoms with Crippen molar-refractivity contribution in [2.24, 2.45) is 0 Å². The van der Waals surface area contributed by atoms with Crippen LogP contribution in [0.4, 0.5) is 0 Å². The Labute approximate surface area is 167 Å².